The van der Waals surface area contributed by atoms with Gasteiger partial charge in [-0.15, -0.1) is 0 Å². The fourth-order valence-corrected chi connectivity index (χ4v) is 2.77. The Kier molecular flexibility index (Phi) is 18.2. The third-order valence-electron chi connectivity index (χ3n) is 4.64. The molecule has 0 spiro atoms. The van der Waals surface area contributed by atoms with E-state index < -0.39 is 6.04 Å². The molecule has 0 aliphatic rings. The predicted molar refractivity (Wildman–Crippen MR) is 120 cm³/mol. The maximum atomic E-state index is 12.4. The Labute approximate surface area is 177 Å². The van der Waals surface area contributed by atoms with E-state index in [1.54, 1.807) is 0 Å². The van der Waals surface area contributed by atoms with Gasteiger partial charge in [-0.1, -0.05) is 52.2 Å². The molecule has 0 aliphatic carbocycles. The van der Waals surface area contributed by atoms with Crippen LogP contribution < -0.4 is 16.0 Å². The Bertz CT molecular complexity index is 478. The van der Waals surface area contributed by atoms with Gasteiger partial charge in [0.25, 0.3) is 0 Å². The summed E-state index contributed by atoms with van der Waals surface area (Å²) >= 11 is 0. The van der Waals surface area contributed by atoms with Gasteiger partial charge in [0, 0.05) is 25.9 Å². The molecule has 0 saturated heterocycles. The molecule has 6 heteroatoms. The van der Waals surface area contributed by atoms with Crippen molar-refractivity contribution in [1.82, 2.24) is 16.0 Å². The molecule has 0 heterocycles. The fourth-order valence-electron chi connectivity index (χ4n) is 2.77. The minimum absolute atomic E-state index is 0.0714. The second-order valence-corrected chi connectivity index (χ2v) is 7.51. The number of hydrogen-bond donors (Lipinski definition) is 3. The van der Waals surface area contributed by atoms with Crippen molar-refractivity contribution in [3.05, 3.63) is 12.2 Å². The van der Waals surface area contributed by atoms with E-state index in [-0.39, 0.29) is 24.1 Å². The lowest BCUT2D eigenvalue weighted by molar-refractivity contribution is -0.129. The van der Waals surface area contributed by atoms with Crippen molar-refractivity contribution in [2.75, 3.05) is 13.1 Å². The Balaban J connectivity index is 4.39. The third kappa shape index (κ3) is 16.8. The van der Waals surface area contributed by atoms with Crippen LogP contribution in [0.2, 0.25) is 0 Å². The van der Waals surface area contributed by atoms with Crippen molar-refractivity contribution < 1.29 is 14.4 Å². The number of nitrogens with one attached hydrogen (secondary N) is 3. The van der Waals surface area contributed by atoms with Crippen molar-refractivity contribution >= 4 is 17.7 Å². The van der Waals surface area contributed by atoms with Crippen LogP contribution in [0.5, 0.6) is 0 Å². The molecule has 0 fully saturated rings. The van der Waals surface area contributed by atoms with Crippen LogP contribution in [-0.2, 0) is 14.4 Å². The minimum atomic E-state index is -0.652. The van der Waals surface area contributed by atoms with Crippen molar-refractivity contribution in [1.29, 1.82) is 0 Å². The maximum absolute atomic E-state index is 12.4. The van der Waals surface area contributed by atoms with Crippen molar-refractivity contribution in [3.63, 3.8) is 0 Å². The lowest BCUT2D eigenvalue weighted by atomic mass is 10.1. The average Bonchev–Trinajstić information content (AvgIpc) is 2.70. The van der Waals surface area contributed by atoms with E-state index in [1.807, 2.05) is 0 Å². The second-order valence-electron chi connectivity index (χ2n) is 7.51. The van der Waals surface area contributed by atoms with Gasteiger partial charge in [0.15, 0.2) is 0 Å². The van der Waals surface area contributed by atoms with E-state index in [1.165, 1.54) is 0 Å². The van der Waals surface area contributed by atoms with Gasteiger partial charge < -0.3 is 16.0 Å². The molecule has 0 rings (SSSR count). The molecular formula is C23H43N3O3. The molecule has 0 radical (unpaired) electrons. The first-order chi connectivity index (χ1) is 14.0. The summed E-state index contributed by atoms with van der Waals surface area (Å²) in [6.45, 7) is 7.53. The normalized spacial score (nSPS) is 12.0. The summed E-state index contributed by atoms with van der Waals surface area (Å²) in [5, 5.41) is 8.55. The smallest absolute Gasteiger partial charge is 0.242 e. The quantitative estimate of drug-likeness (QED) is 0.236. The Morgan fingerprint density at radius 3 is 2.03 bits per heavy atom. The van der Waals surface area contributed by atoms with Crippen molar-refractivity contribution in [2.45, 2.75) is 104 Å². The molecule has 3 N–H and O–H groups in total. The Morgan fingerprint density at radius 1 is 0.724 bits per heavy atom. The van der Waals surface area contributed by atoms with E-state index in [0.29, 0.717) is 25.9 Å². The zero-order chi connectivity index (χ0) is 21.7. The summed E-state index contributed by atoms with van der Waals surface area (Å²) in [6.07, 6.45) is 14.1. The molecular weight excluding hydrogens is 366 g/mol. The largest absolute Gasteiger partial charge is 0.356 e. The molecule has 0 aliphatic heterocycles. The molecule has 0 aromatic rings. The third-order valence-corrected chi connectivity index (χ3v) is 4.64. The van der Waals surface area contributed by atoms with Crippen molar-refractivity contribution in [3.8, 4) is 0 Å². The predicted octanol–water partition coefficient (Wildman–Crippen LogP) is 4.00. The van der Waals surface area contributed by atoms with Crippen molar-refractivity contribution in [2.24, 2.45) is 0 Å². The van der Waals surface area contributed by atoms with Gasteiger partial charge in [0.2, 0.25) is 17.7 Å². The summed E-state index contributed by atoms with van der Waals surface area (Å²) in [7, 11) is 0. The van der Waals surface area contributed by atoms with Gasteiger partial charge in [0.05, 0.1) is 0 Å². The van der Waals surface area contributed by atoms with E-state index in [4.69, 9.17) is 0 Å². The summed E-state index contributed by atoms with van der Waals surface area (Å²) in [6, 6.07) is -0.652. The van der Waals surface area contributed by atoms with Crippen LogP contribution in [-0.4, -0.2) is 36.9 Å². The summed E-state index contributed by atoms with van der Waals surface area (Å²) in [4.78, 5) is 36.7. The minimum Gasteiger partial charge on any atom is -0.356 e. The number of carbonyl (C=O) groups is 3. The van der Waals surface area contributed by atoms with Crippen LogP contribution in [0.25, 0.3) is 0 Å². The van der Waals surface area contributed by atoms with Crippen LogP contribution in [0.1, 0.15) is 97.8 Å². The van der Waals surface area contributed by atoms with Gasteiger partial charge in [0.1, 0.15) is 6.04 Å². The summed E-state index contributed by atoms with van der Waals surface area (Å²) in [5.74, 6) is -0.391. The standard InChI is InChI=1S/C23H43N3O3/c1-4-7-10-11-12-13-14-15-22(28)26-20(23(29)25-19-9-6-3)16-17-21(27)24-18-8-5-2/h10-11,20H,4-9,12-19H2,1-3H3,(H,24,27)(H,25,29)(H,26,28)/b11-10+/t20-/m0/s1. The highest BCUT2D eigenvalue weighted by Gasteiger charge is 2.21. The Morgan fingerprint density at radius 2 is 1.38 bits per heavy atom. The molecule has 29 heavy (non-hydrogen) atoms. The highest BCUT2D eigenvalue weighted by Crippen LogP contribution is 2.04. The highest BCUT2D eigenvalue weighted by molar-refractivity contribution is 5.88. The Hall–Kier alpha value is -1.85. The monoisotopic (exact) mass is 409 g/mol. The number of amides is 3. The molecule has 0 aromatic carbocycles. The molecule has 168 valence electrons. The maximum Gasteiger partial charge on any atom is 0.242 e. The first-order valence-corrected chi connectivity index (χ1v) is 11.5. The van der Waals surface area contributed by atoms with Gasteiger partial charge in [-0.05, 0) is 44.9 Å². The van der Waals surface area contributed by atoms with Crippen LogP contribution in [0.3, 0.4) is 0 Å². The fraction of sp³-hybridized carbons (Fsp3) is 0.783. The first kappa shape index (κ1) is 27.1. The zero-order valence-electron chi connectivity index (χ0n) is 18.9. The van der Waals surface area contributed by atoms with E-state index in [2.05, 4.69) is 48.9 Å². The van der Waals surface area contributed by atoms with Crippen LogP contribution >= 0.6 is 0 Å². The van der Waals surface area contributed by atoms with Crippen LogP contribution in [0, 0.1) is 0 Å². The van der Waals surface area contributed by atoms with E-state index >= 15 is 0 Å². The molecule has 0 bridgehead atoms. The molecule has 0 unspecified atom stereocenters. The van der Waals surface area contributed by atoms with Crippen LogP contribution in [0.15, 0.2) is 12.2 Å². The molecule has 6 nitrogen and oxygen atoms in total. The molecule has 0 saturated carbocycles. The first-order valence-electron chi connectivity index (χ1n) is 11.5. The number of carbonyl (C=O) groups excluding carboxylic acids is 3. The zero-order valence-corrected chi connectivity index (χ0v) is 18.9. The number of hydrogen-bond acceptors (Lipinski definition) is 3. The van der Waals surface area contributed by atoms with Gasteiger partial charge in [-0.25, -0.2) is 0 Å². The number of rotatable bonds is 18. The molecule has 1 atom stereocenters. The van der Waals surface area contributed by atoms with Gasteiger partial charge in [-0.2, -0.15) is 0 Å². The second kappa shape index (κ2) is 19.5. The number of unbranched alkanes of at least 4 members (excludes halogenated alkanes) is 5. The lowest BCUT2D eigenvalue weighted by Gasteiger charge is -2.18. The van der Waals surface area contributed by atoms with Gasteiger partial charge in [-0.3, -0.25) is 14.4 Å². The van der Waals surface area contributed by atoms with E-state index in [0.717, 1.165) is 57.8 Å². The topological polar surface area (TPSA) is 87.3 Å². The SMILES string of the molecule is CCC/C=C/CCCCC(=O)N[C@@H](CCC(=O)NCCCC)C(=O)NCCCC. The lowest BCUT2D eigenvalue weighted by Crippen LogP contribution is -2.47. The molecule has 0 aromatic heterocycles. The summed E-state index contributed by atoms with van der Waals surface area (Å²) < 4.78 is 0. The van der Waals surface area contributed by atoms with E-state index in [9.17, 15) is 14.4 Å². The summed E-state index contributed by atoms with van der Waals surface area (Å²) in [5.41, 5.74) is 0. The molecule has 3 amide bonds. The van der Waals surface area contributed by atoms with Gasteiger partial charge >= 0.3 is 0 Å². The number of allylic oxidation sites excluding steroid dienone is 2. The average molecular weight is 410 g/mol. The van der Waals surface area contributed by atoms with Crippen LogP contribution in [0.4, 0.5) is 0 Å². The highest BCUT2D eigenvalue weighted by atomic mass is 16.2.